The third kappa shape index (κ3) is 5.91. The molecule has 0 bridgehead atoms. The highest BCUT2D eigenvalue weighted by Crippen LogP contribution is 2.16. The molecule has 6 heteroatoms. The molecule has 4 N–H and O–H groups in total. The SMILES string of the molecule is N[C@@H](C[C@@H](Cc1ccc(CCCF)cc1)C(=O)O)C(=O)O. The molecule has 0 radical (unpaired) electrons. The highest BCUT2D eigenvalue weighted by Gasteiger charge is 2.24. The molecule has 0 aromatic heterocycles. The molecule has 0 aliphatic heterocycles. The van der Waals surface area contributed by atoms with Gasteiger partial charge in [0.05, 0.1) is 12.6 Å². The Morgan fingerprint density at radius 1 is 1.10 bits per heavy atom. The number of halogens is 1. The van der Waals surface area contributed by atoms with Crippen LogP contribution in [0.4, 0.5) is 4.39 Å². The van der Waals surface area contributed by atoms with Crippen LogP contribution in [0.2, 0.25) is 0 Å². The van der Waals surface area contributed by atoms with Crippen LogP contribution in [-0.2, 0) is 22.4 Å². The second-order valence-corrected chi connectivity index (χ2v) is 5.03. The molecule has 21 heavy (non-hydrogen) atoms. The van der Waals surface area contributed by atoms with E-state index >= 15 is 0 Å². The van der Waals surface area contributed by atoms with E-state index in [2.05, 4.69) is 0 Å². The summed E-state index contributed by atoms with van der Waals surface area (Å²) in [6.07, 6.45) is 1.21. The zero-order valence-electron chi connectivity index (χ0n) is 11.7. The van der Waals surface area contributed by atoms with Crippen LogP contribution < -0.4 is 5.73 Å². The summed E-state index contributed by atoms with van der Waals surface area (Å²) in [5, 5.41) is 17.9. The number of carboxylic acids is 2. The van der Waals surface area contributed by atoms with Crippen molar-refractivity contribution >= 4 is 11.9 Å². The first kappa shape index (κ1) is 17.1. The van der Waals surface area contributed by atoms with Crippen LogP contribution in [0.5, 0.6) is 0 Å². The Hall–Kier alpha value is -1.95. The second-order valence-electron chi connectivity index (χ2n) is 5.03. The normalized spacial score (nSPS) is 13.6. The molecular weight excluding hydrogens is 277 g/mol. The quantitative estimate of drug-likeness (QED) is 0.643. The van der Waals surface area contributed by atoms with Crippen LogP contribution in [0.15, 0.2) is 24.3 Å². The van der Waals surface area contributed by atoms with Crippen molar-refractivity contribution in [2.45, 2.75) is 31.7 Å². The first-order chi connectivity index (χ1) is 9.93. The summed E-state index contributed by atoms with van der Waals surface area (Å²) < 4.78 is 12.1. The van der Waals surface area contributed by atoms with Gasteiger partial charge in [0.1, 0.15) is 6.04 Å². The Kier molecular flexibility index (Phi) is 6.81. The van der Waals surface area contributed by atoms with E-state index in [1.807, 2.05) is 12.1 Å². The van der Waals surface area contributed by atoms with Crippen molar-refractivity contribution in [1.29, 1.82) is 0 Å². The zero-order valence-corrected chi connectivity index (χ0v) is 11.7. The second kappa shape index (κ2) is 8.36. The van der Waals surface area contributed by atoms with Crippen LogP contribution in [0.25, 0.3) is 0 Å². The van der Waals surface area contributed by atoms with E-state index in [4.69, 9.17) is 15.9 Å². The predicted molar refractivity (Wildman–Crippen MR) is 75.8 cm³/mol. The standard InChI is InChI=1S/C15H20FNO4/c16-7-1-2-10-3-5-11(6-4-10)8-12(14(18)19)9-13(17)15(20)21/h3-6,12-13H,1-2,7-9,17H2,(H,18,19)(H,20,21)/t12-,13+/m1/s1. The topological polar surface area (TPSA) is 101 Å². The lowest BCUT2D eigenvalue weighted by atomic mass is 9.92. The molecule has 1 rings (SSSR count). The summed E-state index contributed by atoms with van der Waals surface area (Å²) in [5.74, 6) is -3.11. The maximum absolute atomic E-state index is 12.1. The van der Waals surface area contributed by atoms with Gasteiger partial charge >= 0.3 is 11.9 Å². The minimum Gasteiger partial charge on any atom is -0.481 e. The molecule has 0 spiro atoms. The third-order valence-electron chi connectivity index (χ3n) is 3.31. The summed E-state index contributed by atoms with van der Waals surface area (Å²) in [5.41, 5.74) is 7.18. The average molecular weight is 297 g/mol. The molecule has 0 saturated heterocycles. The highest BCUT2D eigenvalue weighted by molar-refractivity contribution is 5.76. The summed E-state index contributed by atoms with van der Waals surface area (Å²) >= 11 is 0. The maximum atomic E-state index is 12.1. The molecule has 5 nitrogen and oxygen atoms in total. The summed E-state index contributed by atoms with van der Waals surface area (Å²) in [6, 6.07) is 6.06. The Bertz CT molecular complexity index is 475. The number of hydrogen-bond acceptors (Lipinski definition) is 3. The lowest BCUT2D eigenvalue weighted by Crippen LogP contribution is -2.35. The van der Waals surface area contributed by atoms with Gasteiger partial charge in [-0.3, -0.25) is 14.0 Å². The average Bonchev–Trinajstić information content (AvgIpc) is 2.45. The number of alkyl halides is 1. The molecule has 0 unspecified atom stereocenters. The van der Waals surface area contributed by atoms with E-state index in [-0.39, 0.29) is 19.5 Å². The number of rotatable bonds is 9. The van der Waals surface area contributed by atoms with E-state index in [1.165, 1.54) is 0 Å². The Labute approximate surface area is 122 Å². The molecule has 0 aliphatic carbocycles. The Morgan fingerprint density at radius 3 is 2.14 bits per heavy atom. The smallest absolute Gasteiger partial charge is 0.320 e. The van der Waals surface area contributed by atoms with E-state index in [9.17, 15) is 14.0 Å². The first-order valence-electron chi connectivity index (χ1n) is 6.79. The van der Waals surface area contributed by atoms with Crippen molar-refractivity contribution in [3.63, 3.8) is 0 Å². The van der Waals surface area contributed by atoms with E-state index in [0.29, 0.717) is 12.8 Å². The maximum Gasteiger partial charge on any atom is 0.320 e. The van der Waals surface area contributed by atoms with Crippen LogP contribution in [0.1, 0.15) is 24.0 Å². The summed E-state index contributed by atoms with van der Waals surface area (Å²) in [4.78, 5) is 21.9. The molecule has 0 saturated carbocycles. The Morgan fingerprint density at radius 2 is 1.67 bits per heavy atom. The van der Waals surface area contributed by atoms with Crippen molar-refractivity contribution in [2.75, 3.05) is 6.67 Å². The van der Waals surface area contributed by atoms with E-state index in [0.717, 1.165) is 11.1 Å². The first-order valence-corrected chi connectivity index (χ1v) is 6.79. The van der Waals surface area contributed by atoms with Gasteiger partial charge in [-0.25, -0.2) is 0 Å². The molecule has 0 fully saturated rings. The number of hydrogen-bond donors (Lipinski definition) is 3. The molecule has 1 aromatic rings. The van der Waals surface area contributed by atoms with Gasteiger partial charge in [0.25, 0.3) is 0 Å². The summed E-state index contributed by atoms with van der Waals surface area (Å²) in [7, 11) is 0. The van der Waals surface area contributed by atoms with E-state index in [1.54, 1.807) is 12.1 Å². The van der Waals surface area contributed by atoms with Gasteiger partial charge in [0, 0.05) is 0 Å². The van der Waals surface area contributed by atoms with Gasteiger partial charge in [-0.05, 0) is 36.8 Å². The van der Waals surface area contributed by atoms with Gasteiger partial charge < -0.3 is 15.9 Å². The molecule has 0 heterocycles. The number of benzene rings is 1. The number of aliphatic carboxylic acids is 2. The van der Waals surface area contributed by atoms with Gasteiger partial charge in [-0.1, -0.05) is 24.3 Å². The van der Waals surface area contributed by atoms with Gasteiger partial charge in [0.15, 0.2) is 0 Å². The molecule has 0 aliphatic rings. The van der Waals surface area contributed by atoms with Crippen LogP contribution in [-0.4, -0.2) is 34.9 Å². The van der Waals surface area contributed by atoms with Crippen molar-refractivity contribution < 1.29 is 24.2 Å². The van der Waals surface area contributed by atoms with Crippen LogP contribution in [0.3, 0.4) is 0 Å². The molecular formula is C15H20FNO4. The number of carboxylic acid groups (broad SMARTS) is 2. The zero-order chi connectivity index (χ0) is 15.8. The minimum atomic E-state index is -1.21. The fourth-order valence-corrected chi connectivity index (χ4v) is 2.08. The fourth-order valence-electron chi connectivity index (χ4n) is 2.08. The van der Waals surface area contributed by atoms with E-state index < -0.39 is 23.9 Å². The van der Waals surface area contributed by atoms with Gasteiger partial charge in [0.2, 0.25) is 0 Å². The number of aryl methyl sites for hydroxylation is 1. The van der Waals surface area contributed by atoms with Crippen molar-refractivity contribution in [1.82, 2.24) is 0 Å². The number of carbonyl (C=O) groups is 2. The summed E-state index contributed by atoms with van der Waals surface area (Å²) in [6.45, 7) is -0.365. The Balaban J connectivity index is 2.66. The lowest BCUT2D eigenvalue weighted by Gasteiger charge is -2.15. The molecule has 1 aromatic carbocycles. The van der Waals surface area contributed by atoms with Crippen LogP contribution in [0, 0.1) is 5.92 Å². The molecule has 116 valence electrons. The molecule has 2 atom stereocenters. The molecule has 0 amide bonds. The van der Waals surface area contributed by atoms with Crippen molar-refractivity contribution in [3.05, 3.63) is 35.4 Å². The third-order valence-corrected chi connectivity index (χ3v) is 3.31. The van der Waals surface area contributed by atoms with Crippen LogP contribution >= 0.6 is 0 Å². The highest BCUT2D eigenvalue weighted by atomic mass is 19.1. The largest absolute Gasteiger partial charge is 0.481 e. The fraction of sp³-hybridized carbons (Fsp3) is 0.467. The van der Waals surface area contributed by atoms with Crippen molar-refractivity contribution in [2.24, 2.45) is 11.7 Å². The monoisotopic (exact) mass is 297 g/mol. The van der Waals surface area contributed by atoms with Gasteiger partial charge in [-0.15, -0.1) is 0 Å². The predicted octanol–water partition coefficient (Wildman–Crippen LogP) is 1.63. The van der Waals surface area contributed by atoms with Gasteiger partial charge in [-0.2, -0.15) is 0 Å². The number of nitrogens with two attached hydrogens (primary N) is 1. The van der Waals surface area contributed by atoms with Crippen molar-refractivity contribution in [3.8, 4) is 0 Å². The lowest BCUT2D eigenvalue weighted by molar-refractivity contribution is -0.143. The minimum absolute atomic E-state index is 0.117.